The molecule has 0 bridgehead atoms. The van der Waals surface area contributed by atoms with E-state index in [1.165, 1.54) is 0 Å². The van der Waals surface area contributed by atoms with Gasteiger partial charge in [-0.1, -0.05) is 17.3 Å². The van der Waals surface area contributed by atoms with Crippen molar-refractivity contribution in [3.8, 4) is 28.0 Å². The normalized spacial score (nSPS) is 11.1. The van der Waals surface area contributed by atoms with Crippen LogP contribution in [0.25, 0.3) is 22.3 Å². The molecular formula is C17H17BrN2O2. The number of nitrogens with zero attached hydrogens (tertiary/aromatic N) is 2. The van der Waals surface area contributed by atoms with Gasteiger partial charge in [0.1, 0.15) is 11.5 Å². The minimum Gasteiger partial charge on any atom is -0.508 e. The van der Waals surface area contributed by atoms with Gasteiger partial charge in [-0.2, -0.15) is 0 Å². The van der Waals surface area contributed by atoms with E-state index in [4.69, 9.17) is 4.52 Å². The molecule has 0 amide bonds. The number of rotatable bonds is 2. The van der Waals surface area contributed by atoms with Gasteiger partial charge in [0.15, 0.2) is 0 Å². The average molecular weight is 361 g/mol. The van der Waals surface area contributed by atoms with E-state index >= 15 is 0 Å². The molecule has 0 spiro atoms. The van der Waals surface area contributed by atoms with Gasteiger partial charge >= 0.3 is 0 Å². The first-order valence-electron chi connectivity index (χ1n) is 6.99. The highest BCUT2D eigenvalue weighted by Crippen LogP contribution is 2.44. The Labute approximate surface area is 137 Å². The molecule has 3 aromatic rings. The number of aromatic hydroxyl groups is 1. The van der Waals surface area contributed by atoms with E-state index in [2.05, 4.69) is 32.6 Å². The maximum Gasteiger partial charge on any atom is 0.141 e. The van der Waals surface area contributed by atoms with Crippen LogP contribution in [0.1, 0.15) is 17.1 Å². The van der Waals surface area contributed by atoms with E-state index < -0.39 is 0 Å². The van der Waals surface area contributed by atoms with Crippen LogP contribution in [0.2, 0.25) is 0 Å². The summed E-state index contributed by atoms with van der Waals surface area (Å²) in [5.41, 5.74) is 6.25. The molecule has 3 rings (SSSR count). The monoisotopic (exact) mass is 360 g/mol. The predicted molar refractivity (Wildman–Crippen MR) is 89.9 cm³/mol. The van der Waals surface area contributed by atoms with Crippen LogP contribution in [0.3, 0.4) is 0 Å². The zero-order valence-electron chi connectivity index (χ0n) is 12.9. The van der Waals surface area contributed by atoms with Crippen molar-refractivity contribution in [3.63, 3.8) is 0 Å². The minimum atomic E-state index is 0.256. The lowest BCUT2D eigenvalue weighted by Gasteiger charge is -2.06. The van der Waals surface area contributed by atoms with Gasteiger partial charge in [-0.05, 0) is 54.4 Å². The molecule has 2 aromatic heterocycles. The number of aryl methyl sites for hydroxylation is 2. The summed E-state index contributed by atoms with van der Waals surface area (Å²) in [5.74, 6) is 1.06. The molecule has 4 nitrogen and oxygen atoms in total. The molecule has 0 aliphatic rings. The summed E-state index contributed by atoms with van der Waals surface area (Å²) >= 11 is 3.69. The van der Waals surface area contributed by atoms with Crippen LogP contribution >= 0.6 is 15.9 Å². The molecule has 0 aliphatic heterocycles. The number of aromatic nitrogens is 2. The molecule has 0 atom stereocenters. The summed E-state index contributed by atoms with van der Waals surface area (Å²) in [5, 5.41) is 13.6. The number of hydrogen-bond acceptors (Lipinski definition) is 3. The van der Waals surface area contributed by atoms with Gasteiger partial charge in [0, 0.05) is 29.4 Å². The first-order valence-corrected chi connectivity index (χ1v) is 7.78. The second-order valence-electron chi connectivity index (χ2n) is 5.43. The third-order valence-electron chi connectivity index (χ3n) is 4.06. The van der Waals surface area contributed by atoms with Crippen LogP contribution in [0.4, 0.5) is 0 Å². The molecule has 1 N–H and O–H groups in total. The van der Waals surface area contributed by atoms with Crippen LogP contribution in [0, 0.1) is 20.8 Å². The predicted octanol–water partition coefficient (Wildman–Crippen LogP) is 4.74. The fourth-order valence-corrected chi connectivity index (χ4v) is 3.50. The van der Waals surface area contributed by atoms with E-state index in [9.17, 15) is 5.11 Å². The highest BCUT2D eigenvalue weighted by molar-refractivity contribution is 9.10. The Morgan fingerprint density at radius 2 is 1.68 bits per heavy atom. The lowest BCUT2D eigenvalue weighted by molar-refractivity contribution is 0.393. The van der Waals surface area contributed by atoms with Gasteiger partial charge in [0.25, 0.3) is 0 Å². The number of benzene rings is 1. The third kappa shape index (κ3) is 2.16. The molecule has 1 aromatic carbocycles. The Bertz CT molecular complexity index is 825. The summed E-state index contributed by atoms with van der Waals surface area (Å²) in [6.07, 6.45) is 0. The van der Waals surface area contributed by atoms with Gasteiger partial charge in [-0.3, -0.25) is 0 Å². The van der Waals surface area contributed by atoms with Gasteiger partial charge in [0.2, 0.25) is 0 Å². The molecule has 114 valence electrons. The Kier molecular flexibility index (Phi) is 3.60. The van der Waals surface area contributed by atoms with Crippen LogP contribution in [0.5, 0.6) is 5.75 Å². The molecule has 0 saturated carbocycles. The van der Waals surface area contributed by atoms with Gasteiger partial charge in [-0.15, -0.1) is 0 Å². The maximum absolute atomic E-state index is 9.53. The van der Waals surface area contributed by atoms with Crippen LogP contribution < -0.4 is 0 Å². The van der Waals surface area contributed by atoms with Crippen molar-refractivity contribution < 1.29 is 9.63 Å². The molecule has 0 unspecified atom stereocenters. The van der Waals surface area contributed by atoms with E-state index in [1.807, 2.05) is 33.0 Å². The van der Waals surface area contributed by atoms with Crippen LogP contribution in [-0.4, -0.2) is 14.8 Å². The quantitative estimate of drug-likeness (QED) is 0.717. The van der Waals surface area contributed by atoms with Crippen molar-refractivity contribution in [3.05, 3.63) is 46.0 Å². The lowest BCUT2D eigenvalue weighted by Crippen LogP contribution is -1.91. The fraction of sp³-hybridized carbons (Fsp3) is 0.235. The molecule has 0 saturated heterocycles. The zero-order valence-corrected chi connectivity index (χ0v) is 14.5. The van der Waals surface area contributed by atoms with Crippen LogP contribution in [-0.2, 0) is 7.05 Å². The standard InChI is InChI=1S/C17H17BrN2O2/c1-9-14(11(3)22-19-9)15-10(2)20(4)17(18)16(15)12-5-7-13(21)8-6-12/h5-8,21H,1-4H3. The highest BCUT2D eigenvalue weighted by atomic mass is 79.9. The SMILES string of the molecule is Cc1noc(C)c1-c1c(-c2ccc(O)cc2)c(Br)n(C)c1C. The average Bonchev–Trinajstić information content (AvgIpc) is 2.92. The van der Waals surface area contributed by atoms with E-state index in [-0.39, 0.29) is 5.75 Å². The molecule has 22 heavy (non-hydrogen) atoms. The molecule has 2 heterocycles. The minimum absolute atomic E-state index is 0.256. The summed E-state index contributed by atoms with van der Waals surface area (Å²) in [6, 6.07) is 7.22. The van der Waals surface area contributed by atoms with Crippen molar-refractivity contribution in [1.29, 1.82) is 0 Å². The summed E-state index contributed by atoms with van der Waals surface area (Å²) in [4.78, 5) is 0. The molecule has 0 aliphatic carbocycles. The molecule has 0 radical (unpaired) electrons. The maximum atomic E-state index is 9.53. The van der Waals surface area contributed by atoms with E-state index in [0.29, 0.717) is 0 Å². The Morgan fingerprint density at radius 3 is 2.23 bits per heavy atom. The fourth-order valence-electron chi connectivity index (χ4n) is 2.80. The Morgan fingerprint density at radius 1 is 1.05 bits per heavy atom. The third-order valence-corrected chi connectivity index (χ3v) is 4.98. The van der Waals surface area contributed by atoms with Crippen molar-refractivity contribution in [1.82, 2.24) is 9.72 Å². The molecule has 0 fully saturated rings. The highest BCUT2D eigenvalue weighted by Gasteiger charge is 2.24. The number of hydrogen-bond donors (Lipinski definition) is 1. The molecule has 5 heteroatoms. The van der Waals surface area contributed by atoms with Crippen LogP contribution in [0.15, 0.2) is 33.4 Å². The van der Waals surface area contributed by atoms with Crippen molar-refractivity contribution in [2.24, 2.45) is 7.05 Å². The van der Waals surface area contributed by atoms with Crippen molar-refractivity contribution in [2.45, 2.75) is 20.8 Å². The summed E-state index contributed by atoms with van der Waals surface area (Å²) < 4.78 is 8.44. The second kappa shape index (κ2) is 5.32. The number of phenols is 1. The number of phenolic OH excluding ortho intramolecular Hbond substituents is 1. The van der Waals surface area contributed by atoms with Gasteiger partial charge in [-0.25, -0.2) is 0 Å². The van der Waals surface area contributed by atoms with Gasteiger partial charge in [0.05, 0.1) is 10.3 Å². The zero-order chi connectivity index (χ0) is 16.0. The topological polar surface area (TPSA) is 51.2 Å². The summed E-state index contributed by atoms with van der Waals surface area (Å²) in [6.45, 7) is 5.96. The van der Waals surface area contributed by atoms with Crippen molar-refractivity contribution in [2.75, 3.05) is 0 Å². The van der Waals surface area contributed by atoms with Crippen molar-refractivity contribution >= 4 is 15.9 Å². The second-order valence-corrected chi connectivity index (χ2v) is 6.18. The smallest absolute Gasteiger partial charge is 0.141 e. The lowest BCUT2D eigenvalue weighted by atomic mass is 9.96. The largest absolute Gasteiger partial charge is 0.508 e. The molecular weight excluding hydrogens is 344 g/mol. The Hall–Kier alpha value is -2.01. The first kappa shape index (κ1) is 14.9. The van der Waals surface area contributed by atoms with E-state index in [1.54, 1.807) is 12.1 Å². The first-order chi connectivity index (χ1) is 10.4. The van der Waals surface area contributed by atoms with E-state index in [0.717, 1.165) is 44.0 Å². The number of halogens is 1. The Balaban J connectivity index is 2.36. The summed E-state index contributed by atoms with van der Waals surface area (Å²) in [7, 11) is 2.02. The van der Waals surface area contributed by atoms with Gasteiger partial charge < -0.3 is 14.2 Å².